The van der Waals surface area contributed by atoms with E-state index in [1.807, 2.05) is 31.7 Å². The number of furan rings is 1. The average Bonchev–Trinajstić information content (AvgIpc) is 2.79. The van der Waals surface area contributed by atoms with Crippen LogP contribution in [0.1, 0.15) is 55.0 Å². The number of nitrogens with zero attached hydrogens (tertiary/aromatic N) is 1. The highest BCUT2D eigenvalue weighted by atomic mass is 35.5. The summed E-state index contributed by atoms with van der Waals surface area (Å²) in [6, 6.07) is 2.00. The van der Waals surface area contributed by atoms with Gasteiger partial charge in [0.15, 0.2) is 5.76 Å². The summed E-state index contributed by atoms with van der Waals surface area (Å²) in [5.41, 5.74) is 7.07. The lowest BCUT2D eigenvalue weighted by atomic mass is 9.96. The Kier molecular flexibility index (Phi) is 6.08. The lowest BCUT2D eigenvalue weighted by Gasteiger charge is -2.37. The zero-order valence-corrected chi connectivity index (χ0v) is 13.3. The maximum Gasteiger partial charge on any atom is 0.289 e. The van der Waals surface area contributed by atoms with E-state index in [4.69, 9.17) is 10.2 Å². The average molecular weight is 301 g/mol. The molecule has 1 fully saturated rings. The standard InChI is InChI=1S/C15H24N2O2.ClH/c1-4-13-10(2)9-14(19-13)15(18)17-8-6-5-7-12(17)11(3)16;/h9,11-12H,4-8,16H2,1-3H3;1H. The Morgan fingerprint density at radius 1 is 1.55 bits per heavy atom. The number of aryl methyl sites for hydroxylation is 2. The molecule has 1 saturated heterocycles. The molecule has 0 saturated carbocycles. The zero-order valence-electron chi connectivity index (χ0n) is 12.5. The molecule has 4 nitrogen and oxygen atoms in total. The van der Waals surface area contributed by atoms with Gasteiger partial charge < -0.3 is 15.1 Å². The van der Waals surface area contributed by atoms with Gasteiger partial charge in [0.25, 0.3) is 5.91 Å². The Balaban J connectivity index is 0.00000200. The number of carbonyl (C=O) groups excluding carboxylic acids is 1. The van der Waals surface area contributed by atoms with E-state index in [2.05, 4.69) is 0 Å². The van der Waals surface area contributed by atoms with E-state index in [1.54, 1.807) is 0 Å². The molecule has 1 aliphatic heterocycles. The van der Waals surface area contributed by atoms with E-state index in [1.165, 1.54) is 0 Å². The first-order chi connectivity index (χ1) is 9.04. The molecule has 2 N–H and O–H groups in total. The summed E-state index contributed by atoms with van der Waals surface area (Å²) in [7, 11) is 0. The second kappa shape index (κ2) is 7.14. The van der Waals surface area contributed by atoms with Gasteiger partial charge in [-0.15, -0.1) is 12.4 Å². The van der Waals surface area contributed by atoms with Crippen LogP contribution in [0.4, 0.5) is 0 Å². The molecule has 0 bridgehead atoms. The van der Waals surface area contributed by atoms with Crippen LogP contribution >= 0.6 is 12.4 Å². The van der Waals surface area contributed by atoms with Gasteiger partial charge in [-0.3, -0.25) is 4.79 Å². The second-order valence-electron chi connectivity index (χ2n) is 5.49. The normalized spacial score (nSPS) is 20.4. The molecule has 0 radical (unpaired) electrons. The van der Waals surface area contributed by atoms with Gasteiger partial charge >= 0.3 is 0 Å². The van der Waals surface area contributed by atoms with E-state index in [-0.39, 0.29) is 30.4 Å². The van der Waals surface area contributed by atoms with Crippen molar-refractivity contribution in [3.05, 3.63) is 23.2 Å². The van der Waals surface area contributed by atoms with Gasteiger partial charge in [-0.1, -0.05) is 6.92 Å². The number of carbonyl (C=O) groups is 1. The molecule has 0 spiro atoms. The number of halogens is 1. The molecule has 1 aromatic heterocycles. The number of piperidine rings is 1. The van der Waals surface area contributed by atoms with Crippen molar-refractivity contribution in [1.82, 2.24) is 4.90 Å². The van der Waals surface area contributed by atoms with Gasteiger partial charge in [0.2, 0.25) is 0 Å². The van der Waals surface area contributed by atoms with Crippen molar-refractivity contribution in [1.29, 1.82) is 0 Å². The molecular weight excluding hydrogens is 276 g/mol. The lowest BCUT2D eigenvalue weighted by Crippen LogP contribution is -2.51. The van der Waals surface area contributed by atoms with Crippen LogP contribution in [-0.4, -0.2) is 29.4 Å². The third kappa shape index (κ3) is 3.36. The van der Waals surface area contributed by atoms with Crippen LogP contribution in [0, 0.1) is 6.92 Å². The first kappa shape index (κ1) is 17.1. The Labute approximate surface area is 127 Å². The summed E-state index contributed by atoms with van der Waals surface area (Å²) in [4.78, 5) is 14.5. The fourth-order valence-electron chi connectivity index (χ4n) is 2.87. The molecule has 2 rings (SSSR count). The van der Waals surface area contributed by atoms with Crippen LogP contribution in [0.5, 0.6) is 0 Å². The van der Waals surface area contributed by atoms with Crippen molar-refractivity contribution in [3.63, 3.8) is 0 Å². The molecule has 2 unspecified atom stereocenters. The second-order valence-corrected chi connectivity index (χ2v) is 5.49. The maximum atomic E-state index is 12.6. The number of hydrogen-bond donors (Lipinski definition) is 1. The monoisotopic (exact) mass is 300 g/mol. The predicted molar refractivity (Wildman–Crippen MR) is 82.4 cm³/mol. The molecule has 5 heteroatoms. The largest absolute Gasteiger partial charge is 0.456 e. The molecule has 1 amide bonds. The van der Waals surface area contributed by atoms with Crippen molar-refractivity contribution in [2.75, 3.05) is 6.54 Å². The van der Waals surface area contributed by atoms with Crippen molar-refractivity contribution >= 4 is 18.3 Å². The Morgan fingerprint density at radius 2 is 2.25 bits per heavy atom. The molecule has 0 aromatic carbocycles. The molecule has 0 aliphatic carbocycles. The zero-order chi connectivity index (χ0) is 14.0. The summed E-state index contributed by atoms with van der Waals surface area (Å²) in [5, 5.41) is 0. The molecule has 1 aromatic rings. The number of nitrogens with two attached hydrogens (primary N) is 1. The minimum absolute atomic E-state index is 0. The minimum Gasteiger partial charge on any atom is -0.456 e. The van der Waals surface area contributed by atoms with Crippen molar-refractivity contribution < 1.29 is 9.21 Å². The molecule has 2 atom stereocenters. The van der Waals surface area contributed by atoms with Crippen LogP contribution in [0.2, 0.25) is 0 Å². The van der Waals surface area contributed by atoms with E-state index in [0.29, 0.717) is 5.76 Å². The number of amides is 1. The summed E-state index contributed by atoms with van der Waals surface area (Å²) in [6.45, 7) is 6.78. The van der Waals surface area contributed by atoms with Crippen molar-refractivity contribution in [2.45, 2.75) is 58.5 Å². The van der Waals surface area contributed by atoms with E-state index in [9.17, 15) is 4.79 Å². The number of rotatable bonds is 3. The first-order valence-electron chi connectivity index (χ1n) is 7.20. The van der Waals surface area contributed by atoms with Gasteiger partial charge in [-0.05, 0) is 44.7 Å². The molecule has 114 valence electrons. The van der Waals surface area contributed by atoms with E-state index >= 15 is 0 Å². The van der Waals surface area contributed by atoms with Gasteiger partial charge in [0, 0.05) is 25.0 Å². The number of hydrogen-bond acceptors (Lipinski definition) is 3. The SMILES string of the molecule is CCc1oc(C(=O)N2CCCCC2C(C)N)cc1C.Cl. The molecule has 1 aliphatic rings. The van der Waals surface area contributed by atoms with Crippen molar-refractivity contribution in [2.24, 2.45) is 5.73 Å². The highest BCUT2D eigenvalue weighted by molar-refractivity contribution is 5.92. The maximum absolute atomic E-state index is 12.6. The van der Waals surface area contributed by atoms with Crippen LogP contribution in [0.15, 0.2) is 10.5 Å². The summed E-state index contributed by atoms with van der Waals surface area (Å²) in [5.74, 6) is 1.35. The van der Waals surface area contributed by atoms with Gasteiger partial charge in [0.05, 0.1) is 0 Å². The third-order valence-electron chi connectivity index (χ3n) is 3.97. The molecule has 2 heterocycles. The van der Waals surface area contributed by atoms with Gasteiger partial charge in [0.1, 0.15) is 5.76 Å². The Morgan fingerprint density at radius 3 is 2.80 bits per heavy atom. The predicted octanol–water partition coefficient (Wildman–Crippen LogP) is 2.91. The third-order valence-corrected chi connectivity index (χ3v) is 3.97. The Bertz CT molecular complexity index is 457. The smallest absolute Gasteiger partial charge is 0.289 e. The van der Waals surface area contributed by atoms with Crippen LogP contribution in [0.25, 0.3) is 0 Å². The molecule has 20 heavy (non-hydrogen) atoms. The van der Waals surface area contributed by atoms with Gasteiger partial charge in [-0.2, -0.15) is 0 Å². The van der Waals surface area contributed by atoms with E-state index < -0.39 is 0 Å². The first-order valence-corrected chi connectivity index (χ1v) is 7.20. The fraction of sp³-hybridized carbons (Fsp3) is 0.667. The highest BCUT2D eigenvalue weighted by Crippen LogP contribution is 2.23. The lowest BCUT2D eigenvalue weighted by molar-refractivity contribution is 0.0550. The van der Waals surface area contributed by atoms with Gasteiger partial charge in [-0.25, -0.2) is 0 Å². The van der Waals surface area contributed by atoms with Crippen LogP contribution in [0.3, 0.4) is 0 Å². The number of likely N-dealkylation sites (tertiary alicyclic amines) is 1. The molecular formula is C15H25ClN2O2. The minimum atomic E-state index is -0.00944. The van der Waals surface area contributed by atoms with Crippen LogP contribution in [-0.2, 0) is 6.42 Å². The summed E-state index contributed by atoms with van der Waals surface area (Å²) < 4.78 is 5.67. The quantitative estimate of drug-likeness (QED) is 0.933. The van der Waals surface area contributed by atoms with Crippen molar-refractivity contribution in [3.8, 4) is 0 Å². The summed E-state index contributed by atoms with van der Waals surface area (Å²) >= 11 is 0. The fourth-order valence-corrected chi connectivity index (χ4v) is 2.87. The Hall–Kier alpha value is -1.00. The van der Waals surface area contributed by atoms with Crippen LogP contribution < -0.4 is 5.73 Å². The highest BCUT2D eigenvalue weighted by Gasteiger charge is 2.31. The summed E-state index contributed by atoms with van der Waals surface area (Å²) in [6.07, 6.45) is 4.00. The van der Waals surface area contributed by atoms with E-state index in [0.717, 1.165) is 43.6 Å². The topological polar surface area (TPSA) is 59.5 Å².